The van der Waals surface area contributed by atoms with Crippen molar-refractivity contribution in [3.05, 3.63) is 64.8 Å². The Morgan fingerprint density at radius 3 is 2.43 bits per heavy atom. The van der Waals surface area contributed by atoms with Crippen molar-refractivity contribution in [3.8, 4) is 5.75 Å². The molecule has 0 saturated carbocycles. The van der Waals surface area contributed by atoms with Gasteiger partial charge in [0.15, 0.2) is 0 Å². The topological polar surface area (TPSA) is 68.5 Å². The van der Waals surface area contributed by atoms with Crippen molar-refractivity contribution in [3.63, 3.8) is 0 Å². The van der Waals surface area contributed by atoms with E-state index in [0.29, 0.717) is 22.2 Å². The van der Waals surface area contributed by atoms with E-state index in [2.05, 4.69) is 0 Å². The molecule has 0 aliphatic rings. The second-order valence-corrected chi connectivity index (χ2v) is 6.21. The van der Waals surface area contributed by atoms with Crippen LogP contribution in [0.3, 0.4) is 0 Å². The van der Waals surface area contributed by atoms with E-state index in [0.717, 1.165) is 19.2 Å². The smallest absolute Gasteiger partial charge is 0.419 e. The van der Waals surface area contributed by atoms with Crippen LogP contribution in [0.1, 0.15) is 27.2 Å². The number of rotatable bonds is 4. The first kappa shape index (κ1) is 19.5. The zero-order valence-electron chi connectivity index (χ0n) is 15.0. The average Bonchev–Trinajstić information content (AvgIpc) is 2.91. The first-order valence-corrected chi connectivity index (χ1v) is 8.25. The van der Waals surface area contributed by atoms with Crippen molar-refractivity contribution in [1.82, 2.24) is 4.57 Å². The number of methoxy groups -OCH3 is 1. The molecule has 28 heavy (non-hydrogen) atoms. The standard InChI is InChI=1S/C20H16F3NO4/c1-11-14(10-18(25)26)13-5-3-4-6-16(13)24(11)19(27)12-7-8-17(28-2)15(9-12)20(21,22)23/h3-9H,10H2,1-2H3,(H,25,26). The van der Waals surface area contributed by atoms with Gasteiger partial charge in [0.25, 0.3) is 5.91 Å². The number of carbonyl (C=O) groups is 2. The molecule has 0 fully saturated rings. The molecule has 0 radical (unpaired) electrons. The highest BCUT2D eigenvalue weighted by Gasteiger charge is 2.35. The number of ether oxygens (including phenoxy) is 1. The largest absolute Gasteiger partial charge is 0.496 e. The maximum Gasteiger partial charge on any atom is 0.419 e. The summed E-state index contributed by atoms with van der Waals surface area (Å²) in [7, 11) is 1.12. The second kappa shape index (κ2) is 7.03. The van der Waals surface area contributed by atoms with Crippen molar-refractivity contribution in [2.24, 2.45) is 0 Å². The van der Waals surface area contributed by atoms with Gasteiger partial charge in [-0.2, -0.15) is 13.2 Å². The number of carbonyl (C=O) groups excluding carboxylic acids is 1. The molecule has 0 unspecified atom stereocenters. The van der Waals surface area contributed by atoms with Crippen LogP contribution in [-0.4, -0.2) is 28.7 Å². The van der Waals surface area contributed by atoms with Gasteiger partial charge >= 0.3 is 12.1 Å². The SMILES string of the molecule is COc1ccc(C(=O)n2c(C)c(CC(=O)O)c3ccccc32)cc1C(F)(F)F. The fourth-order valence-electron chi connectivity index (χ4n) is 3.26. The van der Waals surface area contributed by atoms with Crippen molar-refractivity contribution < 1.29 is 32.6 Å². The number of carboxylic acids is 1. The lowest BCUT2D eigenvalue weighted by Crippen LogP contribution is -2.16. The van der Waals surface area contributed by atoms with Crippen molar-refractivity contribution >= 4 is 22.8 Å². The van der Waals surface area contributed by atoms with Gasteiger partial charge < -0.3 is 9.84 Å². The number of aromatic nitrogens is 1. The number of alkyl halides is 3. The highest BCUT2D eigenvalue weighted by Crippen LogP contribution is 2.37. The van der Waals surface area contributed by atoms with Crippen LogP contribution < -0.4 is 4.74 Å². The molecule has 0 aliphatic carbocycles. The molecule has 0 bridgehead atoms. The molecule has 5 nitrogen and oxygen atoms in total. The molecule has 1 N–H and O–H groups in total. The number of benzene rings is 2. The van der Waals surface area contributed by atoms with Gasteiger partial charge in [-0.1, -0.05) is 18.2 Å². The van der Waals surface area contributed by atoms with E-state index in [1.807, 2.05) is 0 Å². The Labute approximate surface area is 158 Å². The van der Waals surface area contributed by atoms with Crippen LogP contribution in [0, 0.1) is 6.92 Å². The highest BCUT2D eigenvalue weighted by molar-refractivity contribution is 6.04. The van der Waals surface area contributed by atoms with Crippen molar-refractivity contribution in [2.45, 2.75) is 19.5 Å². The third-order valence-corrected chi connectivity index (χ3v) is 4.53. The van der Waals surface area contributed by atoms with E-state index < -0.39 is 23.6 Å². The summed E-state index contributed by atoms with van der Waals surface area (Å²) in [6.07, 6.45) is -4.99. The number of aliphatic carboxylic acids is 1. The first-order valence-electron chi connectivity index (χ1n) is 8.25. The maximum absolute atomic E-state index is 13.3. The zero-order valence-corrected chi connectivity index (χ0v) is 15.0. The van der Waals surface area contributed by atoms with E-state index in [-0.39, 0.29) is 17.7 Å². The van der Waals surface area contributed by atoms with E-state index in [1.165, 1.54) is 10.6 Å². The molecule has 1 heterocycles. The second-order valence-electron chi connectivity index (χ2n) is 6.21. The lowest BCUT2D eigenvalue weighted by molar-refractivity contribution is -0.139. The quantitative estimate of drug-likeness (QED) is 0.720. The fourth-order valence-corrected chi connectivity index (χ4v) is 3.26. The molecule has 146 valence electrons. The Kier molecular flexibility index (Phi) is 4.89. The van der Waals surface area contributed by atoms with E-state index in [4.69, 9.17) is 9.84 Å². The van der Waals surface area contributed by atoms with E-state index in [1.54, 1.807) is 31.2 Å². The van der Waals surface area contributed by atoms with Gasteiger partial charge in [-0.15, -0.1) is 0 Å². The minimum atomic E-state index is -4.69. The van der Waals surface area contributed by atoms with Gasteiger partial charge in [-0.3, -0.25) is 14.2 Å². The molecule has 8 heteroatoms. The molecule has 0 aliphatic heterocycles. The summed E-state index contributed by atoms with van der Waals surface area (Å²) < 4.78 is 45.9. The number of nitrogens with zero attached hydrogens (tertiary/aromatic N) is 1. The fraction of sp³-hybridized carbons (Fsp3) is 0.200. The third-order valence-electron chi connectivity index (χ3n) is 4.53. The average molecular weight is 391 g/mol. The first-order chi connectivity index (χ1) is 13.1. The summed E-state index contributed by atoms with van der Waals surface area (Å²) in [5.41, 5.74) is 0.0178. The number of para-hydroxylation sites is 1. The molecular formula is C20H16F3NO4. The van der Waals surface area contributed by atoms with Gasteiger partial charge in [0, 0.05) is 16.6 Å². The molecule has 0 spiro atoms. The molecule has 0 amide bonds. The number of fused-ring (bicyclic) bond motifs is 1. The third kappa shape index (κ3) is 3.33. The molecule has 0 saturated heterocycles. The summed E-state index contributed by atoms with van der Waals surface area (Å²) >= 11 is 0. The van der Waals surface area contributed by atoms with E-state index >= 15 is 0 Å². The molecule has 3 aromatic rings. The van der Waals surface area contributed by atoms with Crippen LogP contribution in [-0.2, 0) is 17.4 Å². The van der Waals surface area contributed by atoms with Gasteiger partial charge in [0.2, 0.25) is 0 Å². The van der Waals surface area contributed by atoms with Crippen LogP contribution in [0.15, 0.2) is 42.5 Å². The van der Waals surface area contributed by atoms with Gasteiger partial charge in [0.1, 0.15) is 5.75 Å². The van der Waals surface area contributed by atoms with Crippen molar-refractivity contribution in [1.29, 1.82) is 0 Å². The number of hydrogen-bond acceptors (Lipinski definition) is 3. The summed E-state index contributed by atoms with van der Waals surface area (Å²) in [5, 5.41) is 9.74. The molecule has 1 aromatic heterocycles. The lowest BCUT2D eigenvalue weighted by atomic mass is 10.1. The monoisotopic (exact) mass is 391 g/mol. The Balaban J connectivity index is 2.20. The summed E-state index contributed by atoms with van der Waals surface area (Å²) in [6, 6.07) is 9.77. The predicted molar refractivity (Wildman–Crippen MR) is 95.7 cm³/mol. The van der Waals surface area contributed by atoms with Gasteiger partial charge in [-0.25, -0.2) is 0 Å². The highest BCUT2D eigenvalue weighted by atomic mass is 19.4. The maximum atomic E-state index is 13.3. The summed E-state index contributed by atoms with van der Waals surface area (Å²) in [6.45, 7) is 1.57. The Morgan fingerprint density at radius 2 is 1.82 bits per heavy atom. The van der Waals surface area contributed by atoms with Gasteiger partial charge in [0.05, 0.1) is 24.6 Å². The molecule has 0 atom stereocenters. The van der Waals surface area contributed by atoms with Crippen LogP contribution in [0.2, 0.25) is 0 Å². The minimum absolute atomic E-state index is 0.182. The van der Waals surface area contributed by atoms with Crippen LogP contribution >= 0.6 is 0 Å². The van der Waals surface area contributed by atoms with Crippen molar-refractivity contribution in [2.75, 3.05) is 7.11 Å². The molecule has 3 rings (SSSR count). The minimum Gasteiger partial charge on any atom is -0.496 e. The van der Waals surface area contributed by atoms with Crippen LogP contribution in [0.5, 0.6) is 5.75 Å². The predicted octanol–water partition coefficient (Wildman–Crippen LogP) is 4.29. The zero-order chi connectivity index (χ0) is 20.6. The molecule has 2 aromatic carbocycles. The summed E-state index contributed by atoms with van der Waals surface area (Å²) in [5.74, 6) is -2.13. The Bertz CT molecular complexity index is 1080. The Morgan fingerprint density at radius 1 is 1.14 bits per heavy atom. The summed E-state index contributed by atoms with van der Waals surface area (Å²) in [4.78, 5) is 24.3. The number of carboxylic acid groups (broad SMARTS) is 1. The normalized spacial score (nSPS) is 11.6. The van der Waals surface area contributed by atoms with Crippen LogP contribution in [0.4, 0.5) is 13.2 Å². The molecular weight excluding hydrogens is 375 g/mol. The number of hydrogen-bond donors (Lipinski definition) is 1. The lowest BCUT2D eigenvalue weighted by Gasteiger charge is -2.14. The Hall–Kier alpha value is -3.29. The number of halogens is 3. The van der Waals surface area contributed by atoms with Crippen LogP contribution in [0.25, 0.3) is 10.9 Å². The van der Waals surface area contributed by atoms with E-state index in [9.17, 15) is 22.8 Å². The van der Waals surface area contributed by atoms with Gasteiger partial charge in [-0.05, 0) is 36.8 Å².